The molecular weight excluding hydrogens is 283 g/mol. The number of methoxy groups -OCH3 is 1. The van der Waals surface area contributed by atoms with E-state index in [2.05, 4.69) is 4.98 Å². The molecule has 1 aromatic carbocycles. The van der Waals surface area contributed by atoms with Crippen molar-refractivity contribution in [1.82, 2.24) is 9.55 Å². The summed E-state index contributed by atoms with van der Waals surface area (Å²) < 4.78 is 20.8. The standard InChI is InChI=1S/C17H15FN2O2/c1-10-15(18)6-11(7-16(10)22-3)14-9-20(2)17(21)13-8-19-5-4-12(13)14/h4-9H,1-3H3. The highest BCUT2D eigenvalue weighted by Gasteiger charge is 2.13. The third kappa shape index (κ3) is 2.15. The number of pyridine rings is 2. The van der Waals surface area contributed by atoms with Crippen LogP contribution in [0.15, 0.2) is 41.6 Å². The van der Waals surface area contributed by atoms with Gasteiger partial charge in [0.2, 0.25) is 0 Å². The predicted octanol–water partition coefficient (Wildman–Crippen LogP) is 3.06. The van der Waals surface area contributed by atoms with E-state index in [1.165, 1.54) is 23.9 Å². The predicted molar refractivity (Wildman–Crippen MR) is 83.7 cm³/mol. The average Bonchev–Trinajstić information content (AvgIpc) is 2.53. The summed E-state index contributed by atoms with van der Waals surface area (Å²) in [4.78, 5) is 16.2. The number of rotatable bonds is 2. The Bertz CT molecular complexity index is 932. The molecule has 0 spiro atoms. The summed E-state index contributed by atoms with van der Waals surface area (Å²) in [5.41, 5.74) is 1.75. The number of aryl methyl sites for hydroxylation is 1. The molecule has 0 atom stereocenters. The van der Waals surface area contributed by atoms with Crippen LogP contribution in [-0.2, 0) is 7.05 Å². The van der Waals surface area contributed by atoms with Crippen LogP contribution in [-0.4, -0.2) is 16.7 Å². The topological polar surface area (TPSA) is 44.1 Å². The molecule has 0 N–H and O–H groups in total. The zero-order valence-electron chi connectivity index (χ0n) is 12.6. The van der Waals surface area contributed by atoms with Crippen molar-refractivity contribution in [3.8, 4) is 16.9 Å². The molecule has 3 rings (SSSR count). The maximum absolute atomic E-state index is 14.1. The van der Waals surface area contributed by atoms with Crippen molar-refractivity contribution >= 4 is 10.8 Å². The average molecular weight is 298 g/mol. The van der Waals surface area contributed by atoms with Crippen LogP contribution < -0.4 is 10.3 Å². The third-order valence-electron chi connectivity index (χ3n) is 3.81. The van der Waals surface area contributed by atoms with Crippen molar-refractivity contribution in [2.45, 2.75) is 6.92 Å². The summed E-state index contributed by atoms with van der Waals surface area (Å²) >= 11 is 0. The van der Waals surface area contributed by atoms with Gasteiger partial charge in [-0.25, -0.2) is 4.39 Å². The van der Waals surface area contributed by atoms with Crippen molar-refractivity contribution in [2.75, 3.05) is 7.11 Å². The summed E-state index contributed by atoms with van der Waals surface area (Å²) in [6.45, 7) is 1.67. The molecule has 22 heavy (non-hydrogen) atoms. The fourth-order valence-electron chi connectivity index (χ4n) is 2.56. The first kappa shape index (κ1) is 14.3. The van der Waals surface area contributed by atoms with Crippen molar-refractivity contribution in [3.05, 3.63) is 58.5 Å². The molecule has 0 radical (unpaired) electrons. The molecule has 4 nitrogen and oxygen atoms in total. The van der Waals surface area contributed by atoms with Crippen molar-refractivity contribution in [1.29, 1.82) is 0 Å². The van der Waals surface area contributed by atoms with Gasteiger partial charge in [-0.15, -0.1) is 0 Å². The molecule has 0 bridgehead atoms. The number of benzene rings is 1. The number of hydrogen-bond donors (Lipinski definition) is 0. The van der Waals surface area contributed by atoms with Crippen LogP contribution in [0.2, 0.25) is 0 Å². The zero-order chi connectivity index (χ0) is 15.9. The fourth-order valence-corrected chi connectivity index (χ4v) is 2.56. The molecule has 112 valence electrons. The lowest BCUT2D eigenvalue weighted by Gasteiger charge is -2.12. The Labute approximate surface area is 126 Å². The maximum Gasteiger partial charge on any atom is 0.259 e. The molecule has 0 unspecified atom stereocenters. The van der Waals surface area contributed by atoms with E-state index in [1.54, 1.807) is 38.5 Å². The van der Waals surface area contributed by atoms with Crippen LogP contribution >= 0.6 is 0 Å². The molecule has 0 aliphatic carbocycles. The van der Waals surface area contributed by atoms with Gasteiger partial charge in [-0.3, -0.25) is 9.78 Å². The Hall–Kier alpha value is -2.69. The molecule has 0 fully saturated rings. The second kappa shape index (κ2) is 5.26. The summed E-state index contributed by atoms with van der Waals surface area (Å²) in [7, 11) is 3.17. The zero-order valence-corrected chi connectivity index (χ0v) is 12.6. The first-order valence-electron chi connectivity index (χ1n) is 6.80. The molecular formula is C17H15FN2O2. The largest absolute Gasteiger partial charge is 0.496 e. The van der Waals surface area contributed by atoms with Gasteiger partial charge in [0.05, 0.1) is 12.5 Å². The second-order valence-corrected chi connectivity index (χ2v) is 5.17. The van der Waals surface area contributed by atoms with Gasteiger partial charge in [0.15, 0.2) is 0 Å². The van der Waals surface area contributed by atoms with E-state index in [4.69, 9.17) is 4.74 Å². The quantitative estimate of drug-likeness (QED) is 0.730. The lowest BCUT2D eigenvalue weighted by molar-refractivity contribution is 0.407. The van der Waals surface area contributed by atoms with Crippen molar-refractivity contribution < 1.29 is 9.13 Å². The lowest BCUT2D eigenvalue weighted by Crippen LogP contribution is -2.16. The van der Waals surface area contributed by atoms with Crippen LogP contribution in [0.1, 0.15) is 5.56 Å². The van der Waals surface area contributed by atoms with E-state index in [0.29, 0.717) is 22.3 Å². The van der Waals surface area contributed by atoms with Crippen LogP contribution in [0, 0.1) is 12.7 Å². The number of fused-ring (bicyclic) bond motifs is 1. The highest BCUT2D eigenvalue weighted by Crippen LogP contribution is 2.32. The molecule has 2 heterocycles. The van der Waals surface area contributed by atoms with Crippen LogP contribution in [0.5, 0.6) is 5.75 Å². The lowest BCUT2D eigenvalue weighted by atomic mass is 10.00. The van der Waals surface area contributed by atoms with E-state index in [0.717, 1.165) is 10.9 Å². The Morgan fingerprint density at radius 3 is 2.77 bits per heavy atom. The van der Waals surface area contributed by atoms with Gasteiger partial charge in [0, 0.05) is 36.8 Å². The Morgan fingerprint density at radius 2 is 2.05 bits per heavy atom. The maximum atomic E-state index is 14.1. The van der Waals surface area contributed by atoms with Crippen LogP contribution in [0.25, 0.3) is 21.9 Å². The molecule has 3 aromatic rings. The van der Waals surface area contributed by atoms with Crippen LogP contribution in [0.3, 0.4) is 0 Å². The smallest absolute Gasteiger partial charge is 0.259 e. The number of hydrogen-bond acceptors (Lipinski definition) is 3. The van der Waals surface area contributed by atoms with Gasteiger partial charge in [0.25, 0.3) is 5.56 Å². The van der Waals surface area contributed by atoms with Crippen molar-refractivity contribution in [3.63, 3.8) is 0 Å². The molecule has 0 aliphatic heterocycles. The van der Waals surface area contributed by atoms with E-state index in [9.17, 15) is 9.18 Å². The number of halogens is 1. The van der Waals surface area contributed by atoms with Gasteiger partial charge in [-0.05, 0) is 36.1 Å². The number of nitrogens with zero attached hydrogens (tertiary/aromatic N) is 2. The highest BCUT2D eigenvalue weighted by molar-refractivity contribution is 5.95. The first-order chi connectivity index (χ1) is 10.5. The number of aromatic nitrogens is 2. The van der Waals surface area contributed by atoms with Gasteiger partial charge in [-0.1, -0.05) is 0 Å². The summed E-state index contributed by atoms with van der Waals surface area (Å²) in [6, 6.07) is 4.99. The summed E-state index contributed by atoms with van der Waals surface area (Å²) in [5.74, 6) is 0.136. The Kier molecular flexibility index (Phi) is 3.41. The molecule has 2 aromatic heterocycles. The van der Waals surface area contributed by atoms with Gasteiger partial charge in [0.1, 0.15) is 11.6 Å². The Balaban J connectivity index is 2.39. The minimum Gasteiger partial charge on any atom is -0.496 e. The van der Waals surface area contributed by atoms with Crippen molar-refractivity contribution in [2.24, 2.45) is 7.05 Å². The van der Waals surface area contributed by atoms with E-state index >= 15 is 0 Å². The molecule has 5 heteroatoms. The van der Waals surface area contributed by atoms with Gasteiger partial charge < -0.3 is 9.30 Å². The summed E-state index contributed by atoms with van der Waals surface area (Å²) in [6.07, 6.45) is 4.85. The van der Waals surface area contributed by atoms with Gasteiger partial charge in [-0.2, -0.15) is 0 Å². The molecule has 0 amide bonds. The second-order valence-electron chi connectivity index (χ2n) is 5.17. The molecule has 0 saturated carbocycles. The summed E-state index contributed by atoms with van der Waals surface area (Å²) in [5, 5.41) is 1.24. The molecule has 0 saturated heterocycles. The first-order valence-corrected chi connectivity index (χ1v) is 6.80. The minimum absolute atomic E-state index is 0.133. The SMILES string of the molecule is COc1cc(-c2cn(C)c(=O)c3cnccc23)cc(F)c1C. The number of ether oxygens (including phenoxy) is 1. The minimum atomic E-state index is -0.342. The molecule has 0 aliphatic rings. The van der Waals surface area contributed by atoms with E-state index in [-0.39, 0.29) is 11.4 Å². The van der Waals surface area contributed by atoms with Crippen LogP contribution in [0.4, 0.5) is 4.39 Å². The Morgan fingerprint density at radius 1 is 1.27 bits per heavy atom. The highest BCUT2D eigenvalue weighted by atomic mass is 19.1. The normalized spacial score (nSPS) is 10.9. The van der Waals surface area contributed by atoms with Gasteiger partial charge >= 0.3 is 0 Å². The van der Waals surface area contributed by atoms with E-state index < -0.39 is 0 Å². The van der Waals surface area contributed by atoms with E-state index in [1.807, 2.05) is 0 Å². The third-order valence-corrected chi connectivity index (χ3v) is 3.81. The monoisotopic (exact) mass is 298 g/mol. The fraction of sp³-hybridized carbons (Fsp3) is 0.176.